The fraction of sp³-hybridized carbons (Fsp3) is 0.500. The normalized spacial score (nSPS) is 13.8. The summed E-state index contributed by atoms with van der Waals surface area (Å²) in [5.74, 6) is 0.745. The maximum Gasteiger partial charge on any atom is 0.260 e. The van der Waals surface area contributed by atoms with Gasteiger partial charge < -0.3 is 9.13 Å². The summed E-state index contributed by atoms with van der Waals surface area (Å²) < 4.78 is 30.8. The van der Waals surface area contributed by atoms with E-state index in [1.807, 2.05) is 25.5 Å². The van der Waals surface area contributed by atoms with E-state index in [1.165, 1.54) is 12.5 Å². The molecule has 2 rings (SSSR count). The highest BCUT2D eigenvalue weighted by atomic mass is 32.2. The zero-order valence-corrected chi connectivity index (χ0v) is 12.8. The first-order chi connectivity index (χ1) is 9.31. The molecular formula is C12H19N5O2S. The van der Waals surface area contributed by atoms with Crippen molar-refractivity contribution in [2.24, 2.45) is 20.0 Å². The van der Waals surface area contributed by atoms with E-state index in [4.69, 9.17) is 0 Å². The molecule has 0 amide bonds. The molecule has 0 unspecified atom stereocenters. The highest BCUT2D eigenvalue weighted by Crippen LogP contribution is 2.22. The first kappa shape index (κ1) is 14.7. The maximum absolute atomic E-state index is 12.3. The van der Waals surface area contributed by atoms with E-state index in [9.17, 15) is 8.42 Å². The van der Waals surface area contributed by atoms with Crippen molar-refractivity contribution in [1.29, 1.82) is 0 Å². The molecule has 7 nitrogen and oxygen atoms in total. The van der Waals surface area contributed by atoms with Gasteiger partial charge in [-0.15, -0.1) is 0 Å². The zero-order valence-electron chi connectivity index (χ0n) is 12.0. The fourth-order valence-electron chi connectivity index (χ4n) is 1.92. The van der Waals surface area contributed by atoms with Crippen molar-refractivity contribution in [3.8, 4) is 0 Å². The number of hydrogen-bond acceptors (Lipinski definition) is 4. The number of sulfonamides is 1. The predicted octanol–water partition coefficient (Wildman–Crippen LogP) is 0.829. The van der Waals surface area contributed by atoms with Crippen LogP contribution in [0, 0.1) is 5.92 Å². The molecule has 1 atom stereocenters. The van der Waals surface area contributed by atoms with E-state index in [0.717, 1.165) is 0 Å². The van der Waals surface area contributed by atoms with Crippen LogP contribution in [0.1, 0.15) is 25.7 Å². The smallest absolute Gasteiger partial charge is 0.260 e. The Morgan fingerprint density at radius 2 is 1.95 bits per heavy atom. The molecule has 0 saturated heterocycles. The highest BCUT2D eigenvalue weighted by molar-refractivity contribution is 7.89. The molecule has 8 heteroatoms. The number of nitrogens with one attached hydrogen (secondary N) is 1. The molecule has 2 heterocycles. The summed E-state index contributed by atoms with van der Waals surface area (Å²) in [4.78, 5) is 8.12. The number of hydrogen-bond donors (Lipinski definition) is 1. The molecule has 0 aliphatic rings. The van der Waals surface area contributed by atoms with Crippen LogP contribution in [-0.4, -0.2) is 27.5 Å². The van der Waals surface area contributed by atoms with E-state index in [-0.39, 0.29) is 10.9 Å². The summed E-state index contributed by atoms with van der Waals surface area (Å²) in [7, 11) is -0.0948. The highest BCUT2D eigenvalue weighted by Gasteiger charge is 2.27. The predicted molar refractivity (Wildman–Crippen MR) is 74.3 cm³/mol. The van der Waals surface area contributed by atoms with Gasteiger partial charge in [0.15, 0.2) is 5.03 Å². The Bertz CT molecular complexity index is 686. The Morgan fingerprint density at radius 3 is 2.40 bits per heavy atom. The van der Waals surface area contributed by atoms with Crippen molar-refractivity contribution in [3.05, 3.63) is 30.7 Å². The number of imidazole rings is 2. The van der Waals surface area contributed by atoms with Gasteiger partial charge in [0, 0.05) is 32.7 Å². The lowest BCUT2D eigenvalue weighted by molar-refractivity contribution is 0.434. The average Bonchev–Trinajstić information content (AvgIpc) is 2.95. The molecule has 0 aliphatic carbocycles. The Kier molecular flexibility index (Phi) is 3.96. The SMILES string of the molecule is CC(C)[C@@H](NS(=O)(=O)c1cn(C)cn1)c1nccn1C. The second-order valence-electron chi connectivity index (χ2n) is 5.12. The average molecular weight is 297 g/mol. The molecule has 0 bridgehead atoms. The summed E-state index contributed by atoms with van der Waals surface area (Å²) in [6.45, 7) is 3.89. The van der Waals surface area contributed by atoms with Gasteiger partial charge in [0.05, 0.1) is 12.4 Å². The number of rotatable bonds is 5. The molecule has 110 valence electrons. The van der Waals surface area contributed by atoms with E-state index in [0.29, 0.717) is 5.82 Å². The van der Waals surface area contributed by atoms with Crippen molar-refractivity contribution >= 4 is 10.0 Å². The molecule has 0 spiro atoms. The zero-order chi connectivity index (χ0) is 14.9. The van der Waals surface area contributed by atoms with Crippen LogP contribution in [0.2, 0.25) is 0 Å². The third kappa shape index (κ3) is 2.91. The second kappa shape index (κ2) is 5.37. The van der Waals surface area contributed by atoms with Gasteiger partial charge in [-0.05, 0) is 5.92 Å². The molecule has 0 saturated carbocycles. The van der Waals surface area contributed by atoms with Gasteiger partial charge in [-0.1, -0.05) is 13.8 Å². The third-order valence-corrected chi connectivity index (χ3v) is 4.37. The van der Waals surface area contributed by atoms with Crippen molar-refractivity contribution in [3.63, 3.8) is 0 Å². The first-order valence-corrected chi connectivity index (χ1v) is 7.77. The quantitative estimate of drug-likeness (QED) is 0.886. The van der Waals surface area contributed by atoms with Crippen molar-refractivity contribution in [2.45, 2.75) is 24.9 Å². The van der Waals surface area contributed by atoms with Crippen LogP contribution in [-0.2, 0) is 24.1 Å². The van der Waals surface area contributed by atoms with Crippen LogP contribution in [0.25, 0.3) is 0 Å². The van der Waals surface area contributed by atoms with Crippen LogP contribution in [0.5, 0.6) is 0 Å². The van der Waals surface area contributed by atoms with Gasteiger partial charge >= 0.3 is 0 Å². The Hall–Kier alpha value is -1.67. The van der Waals surface area contributed by atoms with Crippen LogP contribution in [0.3, 0.4) is 0 Å². The summed E-state index contributed by atoms with van der Waals surface area (Å²) in [5.41, 5.74) is 0. The molecule has 0 aliphatic heterocycles. The van der Waals surface area contributed by atoms with Gasteiger partial charge in [0.2, 0.25) is 0 Å². The van der Waals surface area contributed by atoms with Gasteiger partial charge in [0.25, 0.3) is 10.0 Å². The molecular weight excluding hydrogens is 278 g/mol. The minimum Gasteiger partial charge on any atom is -0.339 e. The van der Waals surface area contributed by atoms with E-state index in [1.54, 1.807) is 24.0 Å². The summed E-state index contributed by atoms with van der Waals surface area (Å²) in [6.07, 6.45) is 6.37. The topological polar surface area (TPSA) is 81.8 Å². The summed E-state index contributed by atoms with van der Waals surface area (Å²) in [5, 5.41) is 0.0138. The number of aromatic nitrogens is 4. The van der Waals surface area contributed by atoms with E-state index >= 15 is 0 Å². The molecule has 2 aromatic rings. The van der Waals surface area contributed by atoms with Crippen molar-refractivity contribution in [2.75, 3.05) is 0 Å². The molecule has 0 aromatic carbocycles. The Labute approximate surface area is 118 Å². The second-order valence-corrected chi connectivity index (χ2v) is 6.78. The molecule has 0 radical (unpaired) electrons. The van der Waals surface area contributed by atoms with Crippen LogP contribution >= 0.6 is 0 Å². The van der Waals surface area contributed by atoms with E-state index < -0.39 is 16.1 Å². The minimum absolute atomic E-state index is 0.0138. The van der Waals surface area contributed by atoms with Gasteiger partial charge in [-0.25, -0.2) is 18.4 Å². The fourth-order valence-corrected chi connectivity index (χ4v) is 3.24. The lowest BCUT2D eigenvalue weighted by atomic mass is 10.1. The molecule has 20 heavy (non-hydrogen) atoms. The monoisotopic (exact) mass is 297 g/mol. The van der Waals surface area contributed by atoms with Crippen molar-refractivity contribution in [1.82, 2.24) is 23.8 Å². The van der Waals surface area contributed by atoms with Crippen LogP contribution in [0.15, 0.2) is 29.9 Å². The molecule has 1 N–H and O–H groups in total. The van der Waals surface area contributed by atoms with Crippen LogP contribution in [0.4, 0.5) is 0 Å². The summed E-state index contributed by atoms with van der Waals surface area (Å²) in [6, 6.07) is -0.401. The van der Waals surface area contributed by atoms with Gasteiger partial charge in [0.1, 0.15) is 5.82 Å². The maximum atomic E-state index is 12.3. The van der Waals surface area contributed by atoms with Gasteiger partial charge in [-0.2, -0.15) is 4.72 Å². The number of nitrogens with zero attached hydrogens (tertiary/aromatic N) is 4. The summed E-state index contributed by atoms with van der Waals surface area (Å²) >= 11 is 0. The molecule has 2 aromatic heterocycles. The van der Waals surface area contributed by atoms with Gasteiger partial charge in [-0.3, -0.25) is 0 Å². The number of aryl methyl sites for hydroxylation is 2. The molecule has 0 fully saturated rings. The lowest BCUT2D eigenvalue weighted by Crippen LogP contribution is -2.33. The third-order valence-electron chi connectivity index (χ3n) is 3.04. The first-order valence-electron chi connectivity index (χ1n) is 6.29. The van der Waals surface area contributed by atoms with Crippen LogP contribution < -0.4 is 4.72 Å². The minimum atomic E-state index is -3.66. The Morgan fingerprint density at radius 1 is 1.25 bits per heavy atom. The Balaban J connectivity index is 2.32. The lowest BCUT2D eigenvalue weighted by Gasteiger charge is -2.21. The standard InChI is InChI=1S/C12H19N5O2S/c1-9(2)11(12-13-5-6-17(12)4)15-20(18,19)10-7-16(3)8-14-10/h5-9,11,15H,1-4H3/t11-/m1/s1. The van der Waals surface area contributed by atoms with Crippen molar-refractivity contribution < 1.29 is 8.42 Å². The van der Waals surface area contributed by atoms with E-state index in [2.05, 4.69) is 14.7 Å². The largest absolute Gasteiger partial charge is 0.339 e.